The van der Waals surface area contributed by atoms with E-state index < -0.39 is 29.3 Å². The van der Waals surface area contributed by atoms with Crippen molar-refractivity contribution in [3.8, 4) is 5.75 Å². The van der Waals surface area contributed by atoms with Gasteiger partial charge in [-0.15, -0.1) is 0 Å². The molecule has 0 saturated carbocycles. The Kier molecular flexibility index (Phi) is 4.47. The van der Waals surface area contributed by atoms with Crippen LogP contribution in [0.3, 0.4) is 0 Å². The van der Waals surface area contributed by atoms with Gasteiger partial charge in [-0.2, -0.15) is 0 Å². The van der Waals surface area contributed by atoms with Crippen molar-refractivity contribution in [2.45, 2.75) is 6.04 Å². The van der Waals surface area contributed by atoms with Crippen molar-refractivity contribution in [2.24, 2.45) is 0 Å². The monoisotopic (exact) mass is 299 g/mol. The summed E-state index contributed by atoms with van der Waals surface area (Å²) < 4.78 is 59.1. The fraction of sp³-hybridized carbons (Fsp3) is 0.200. The summed E-state index contributed by atoms with van der Waals surface area (Å²) in [7, 11) is 2.86. The third-order valence-electron chi connectivity index (χ3n) is 3.18. The molecule has 0 aliphatic carbocycles. The summed E-state index contributed by atoms with van der Waals surface area (Å²) in [5.74, 6) is -4.55. The summed E-state index contributed by atoms with van der Waals surface area (Å²) in [5.41, 5.74) is -0.0799. The summed E-state index contributed by atoms with van der Waals surface area (Å²) in [6, 6.07) is 4.97. The van der Waals surface area contributed by atoms with Gasteiger partial charge >= 0.3 is 0 Å². The number of hydrogen-bond donors (Lipinski definition) is 1. The van der Waals surface area contributed by atoms with E-state index >= 15 is 0 Å². The first-order valence-corrected chi connectivity index (χ1v) is 6.13. The van der Waals surface area contributed by atoms with Gasteiger partial charge in [-0.25, -0.2) is 17.6 Å². The number of benzene rings is 2. The second kappa shape index (κ2) is 6.13. The van der Waals surface area contributed by atoms with Gasteiger partial charge in [0, 0.05) is 17.2 Å². The molecule has 0 aliphatic rings. The number of rotatable bonds is 4. The summed E-state index contributed by atoms with van der Waals surface area (Å²) in [4.78, 5) is 0. The molecule has 21 heavy (non-hydrogen) atoms. The highest BCUT2D eigenvalue weighted by Gasteiger charge is 2.23. The Morgan fingerprint density at radius 1 is 0.905 bits per heavy atom. The fourth-order valence-electron chi connectivity index (χ4n) is 2.11. The smallest absolute Gasteiger partial charge is 0.194 e. The zero-order chi connectivity index (χ0) is 15.6. The minimum atomic E-state index is -1.58. The van der Waals surface area contributed by atoms with Crippen LogP contribution in [0.2, 0.25) is 0 Å². The van der Waals surface area contributed by atoms with Gasteiger partial charge in [0.25, 0.3) is 0 Å². The fourth-order valence-corrected chi connectivity index (χ4v) is 2.11. The Morgan fingerprint density at radius 2 is 1.57 bits per heavy atom. The van der Waals surface area contributed by atoms with Crippen molar-refractivity contribution in [1.29, 1.82) is 0 Å². The van der Waals surface area contributed by atoms with Crippen molar-refractivity contribution in [3.63, 3.8) is 0 Å². The largest absolute Gasteiger partial charge is 0.497 e. The van der Waals surface area contributed by atoms with E-state index in [0.717, 1.165) is 18.2 Å². The van der Waals surface area contributed by atoms with Gasteiger partial charge in [0.15, 0.2) is 17.5 Å². The van der Waals surface area contributed by atoms with Crippen LogP contribution in [0, 0.1) is 23.3 Å². The normalized spacial score (nSPS) is 12.3. The van der Waals surface area contributed by atoms with Crippen molar-refractivity contribution in [3.05, 3.63) is 64.7 Å². The van der Waals surface area contributed by atoms with Gasteiger partial charge in [0.2, 0.25) is 0 Å². The lowest BCUT2D eigenvalue weighted by molar-refractivity contribution is 0.409. The second-order valence-electron chi connectivity index (χ2n) is 4.37. The number of ether oxygens (including phenoxy) is 1. The minimum absolute atomic E-state index is 0.100. The first kappa shape index (κ1) is 15.3. The summed E-state index contributed by atoms with van der Waals surface area (Å²) in [6.07, 6.45) is 0. The molecule has 0 bridgehead atoms. The molecule has 2 aromatic rings. The molecule has 0 saturated heterocycles. The molecule has 0 aromatic heterocycles. The predicted molar refractivity (Wildman–Crippen MR) is 70.2 cm³/mol. The molecule has 1 unspecified atom stereocenters. The molecule has 1 atom stereocenters. The maximum Gasteiger partial charge on any atom is 0.194 e. The van der Waals surface area contributed by atoms with Gasteiger partial charge in [-0.3, -0.25) is 0 Å². The van der Waals surface area contributed by atoms with Gasteiger partial charge in [-0.1, -0.05) is 12.1 Å². The van der Waals surface area contributed by atoms with E-state index in [4.69, 9.17) is 4.74 Å². The van der Waals surface area contributed by atoms with E-state index in [0.29, 0.717) is 5.75 Å². The quantitative estimate of drug-likeness (QED) is 0.688. The molecule has 1 N–H and O–H groups in total. The number of methoxy groups -OCH3 is 1. The SMILES string of the molecule is CNC(c1ccc(OC)cc1F)c1ccc(F)c(F)c1F. The van der Waals surface area contributed by atoms with Crippen molar-refractivity contribution >= 4 is 0 Å². The maximum atomic E-state index is 14.1. The molecule has 2 nitrogen and oxygen atoms in total. The highest BCUT2D eigenvalue weighted by Crippen LogP contribution is 2.29. The van der Waals surface area contributed by atoms with Crippen LogP contribution < -0.4 is 10.1 Å². The van der Waals surface area contributed by atoms with Gasteiger partial charge in [-0.05, 0) is 19.2 Å². The molecule has 0 radical (unpaired) electrons. The first-order valence-electron chi connectivity index (χ1n) is 6.13. The van der Waals surface area contributed by atoms with Crippen LogP contribution in [0.15, 0.2) is 30.3 Å². The Balaban J connectivity index is 2.52. The lowest BCUT2D eigenvalue weighted by Crippen LogP contribution is -2.21. The molecule has 0 amide bonds. The average molecular weight is 299 g/mol. The van der Waals surface area contributed by atoms with Crippen LogP contribution in [-0.4, -0.2) is 14.2 Å². The molecule has 0 heterocycles. The van der Waals surface area contributed by atoms with E-state index in [1.165, 1.54) is 26.3 Å². The van der Waals surface area contributed by atoms with Crippen LogP contribution >= 0.6 is 0 Å². The van der Waals surface area contributed by atoms with Crippen molar-refractivity contribution in [1.82, 2.24) is 5.32 Å². The molecule has 2 aromatic carbocycles. The molecule has 112 valence electrons. The Labute approximate surface area is 119 Å². The highest BCUT2D eigenvalue weighted by molar-refractivity contribution is 5.37. The lowest BCUT2D eigenvalue weighted by Gasteiger charge is -2.19. The van der Waals surface area contributed by atoms with Crippen LogP contribution in [-0.2, 0) is 0 Å². The van der Waals surface area contributed by atoms with E-state index in [9.17, 15) is 17.6 Å². The maximum absolute atomic E-state index is 14.1. The Morgan fingerprint density at radius 3 is 2.14 bits per heavy atom. The molecular weight excluding hydrogens is 286 g/mol. The standard InChI is InChI=1S/C15H13F4NO/c1-20-15(9-4-3-8(21-2)7-12(9)17)10-5-6-11(16)14(19)13(10)18/h3-7,15,20H,1-2H3. The topological polar surface area (TPSA) is 21.3 Å². The van der Waals surface area contributed by atoms with Gasteiger partial charge in [0.1, 0.15) is 11.6 Å². The van der Waals surface area contributed by atoms with Crippen LogP contribution in [0.1, 0.15) is 17.2 Å². The summed E-state index contributed by atoms with van der Waals surface area (Å²) in [6.45, 7) is 0. The van der Waals surface area contributed by atoms with E-state index in [2.05, 4.69) is 5.32 Å². The van der Waals surface area contributed by atoms with E-state index in [1.807, 2.05) is 0 Å². The van der Waals surface area contributed by atoms with Crippen LogP contribution in [0.25, 0.3) is 0 Å². The minimum Gasteiger partial charge on any atom is -0.497 e. The Hall–Kier alpha value is -2.08. The van der Waals surface area contributed by atoms with Crippen molar-refractivity contribution in [2.75, 3.05) is 14.2 Å². The van der Waals surface area contributed by atoms with Gasteiger partial charge in [0.05, 0.1) is 13.2 Å². The zero-order valence-electron chi connectivity index (χ0n) is 11.4. The third-order valence-corrected chi connectivity index (χ3v) is 3.18. The van der Waals surface area contributed by atoms with Crippen LogP contribution in [0.5, 0.6) is 5.75 Å². The molecule has 0 aliphatic heterocycles. The second-order valence-corrected chi connectivity index (χ2v) is 4.37. The molecule has 0 spiro atoms. The first-order chi connectivity index (χ1) is 9.99. The summed E-state index contributed by atoms with van der Waals surface area (Å²) in [5, 5.41) is 2.69. The van der Waals surface area contributed by atoms with Crippen molar-refractivity contribution < 1.29 is 22.3 Å². The molecule has 0 fully saturated rings. The highest BCUT2D eigenvalue weighted by atomic mass is 19.2. The number of hydrogen-bond acceptors (Lipinski definition) is 2. The van der Waals surface area contributed by atoms with Gasteiger partial charge < -0.3 is 10.1 Å². The predicted octanol–water partition coefficient (Wildman–Crippen LogP) is 3.56. The number of nitrogens with one attached hydrogen (secondary N) is 1. The Bertz CT molecular complexity index is 660. The van der Waals surface area contributed by atoms with E-state index in [-0.39, 0.29) is 11.1 Å². The molecule has 6 heteroatoms. The number of halogens is 4. The molecular formula is C15H13F4NO. The van der Waals surface area contributed by atoms with Crippen LogP contribution in [0.4, 0.5) is 17.6 Å². The third kappa shape index (κ3) is 2.85. The lowest BCUT2D eigenvalue weighted by atomic mass is 9.97. The zero-order valence-corrected chi connectivity index (χ0v) is 11.4. The molecule has 2 rings (SSSR count). The summed E-state index contributed by atoms with van der Waals surface area (Å²) >= 11 is 0. The van der Waals surface area contributed by atoms with E-state index in [1.54, 1.807) is 0 Å². The average Bonchev–Trinajstić information content (AvgIpc) is 2.49.